The maximum Gasteiger partial charge on any atom is 0.472 e. The SMILES string of the molecule is NCCOP(=O)(O)OC[C@H](COCCCCCCCCCCCC(F)(F)C(F)(F)C(F)(F)C(F)(F)C(F)(F)C(F)(F)F)OCCCCCCCCCCCC(F)(F)C(F)(F)C(F)(F)C(F)(F)C(F)(F)C(F)(F)F. The van der Waals surface area contributed by atoms with Gasteiger partial charge in [-0.1, -0.05) is 89.9 Å². The highest BCUT2D eigenvalue weighted by atomic mass is 31.2. The first-order chi connectivity index (χ1) is 32.8. The van der Waals surface area contributed by atoms with E-state index in [-0.39, 0.29) is 71.5 Å². The molecule has 0 aromatic carbocycles. The summed E-state index contributed by atoms with van der Waals surface area (Å²) in [4.78, 5) is 9.79. The van der Waals surface area contributed by atoms with Crippen LogP contribution in [0.5, 0.6) is 0 Å². The second kappa shape index (κ2) is 28.2. The van der Waals surface area contributed by atoms with E-state index < -0.39 is 118 Å². The van der Waals surface area contributed by atoms with E-state index in [1.807, 2.05) is 0 Å². The van der Waals surface area contributed by atoms with Gasteiger partial charge in [0.05, 0.1) is 19.8 Å². The van der Waals surface area contributed by atoms with Crippen molar-refractivity contribution < 1.29 is 142 Å². The molecular formula is C39H56F26NO6P. The predicted molar refractivity (Wildman–Crippen MR) is 205 cm³/mol. The van der Waals surface area contributed by atoms with Crippen LogP contribution in [0.2, 0.25) is 0 Å². The molecule has 0 saturated carbocycles. The number of phosphoric acid groups is 1. The van der Waals surface area contributed by atoms with Crippen LogP contribution < -0.4 is 5.73 Å². The summed E-state index contributed by atoms with van der Waals surface area (Å²) >= 11 is 0. The second-order valence-corrected chi connectivity index (χ2v) is 18.3. The highest BCUT2D eigenvalue weighted by Crippen LogP contribution is 2.62. The molecule has 73 heavy (non-hydrogen) atoms. The lowest BCUT2D eigenvalue weighted by atomic mass is 9.91. The first-order valence-electron chi connectivity index (χ1n) is 22.3. The monoisotopic (exact) mass is 1160 g/mol. The molecule has 1 unspecified atom stereocenters. The first-order valence-corrected chi connectivity index (χ1v) is 23.8. The number of nitrogens with two attached hydrogens (primary N) is 1. The lowest BCUT2D eigenvalue weighted by molar-refractivity contribution is -0.440. The zero-order valence-corrected chi connectivity index (χ0v) is 39.2. The lowest BCUT2D eigenvalue weighted by Gasteiger charge is -2.39. The van der Waals surface area contributed by atoms with Crippen LogP contribution in [0.1, 0.15) is 128 Å². The van der Waals surface area contributed by atoms with Gasteiger partial charge in [0.1, 0.15) is 6.10 Å². The summed E-state index contributed by atoms with van der Waals surface area (Å²) in [5.41, 5.74) is 5.23. The zero-order chi connectivity index (χ0) is 57.3. The molecular weight excluding hydrogens is 1100 g/mol. The largest absolute Gasteiger partial charge is 0.472 e. The van der Waals surface area contributed by atoms with Gasteiger partial charge in [0, 0.05) is 32.6 Å². The molecule has 440 valence electrons. The summed E-state index contributed by atoms with van der Waals surface area (Å²) in [6, 6.07) is 0. The van der Waals surface area contributed by atoms with Crippen LogP contribution in [-0.4, -0.2) is 122 Å². The van der Waals surface area contributed by atoms with E-state index in [0.29, 0.717) is 64.2 Å². The van der Waals surface area contributed by atoms with Crippen molar-refractivity contribution in [3.05, 3.63) is 0 Å². The Balaban J connectivity index is 4.66. The molecule has 0 amide bonds. The van der Waals surface area contributed by atoms with Gasteiger partial charge in [-0.05, 0) is 25.7 Å². The number of halogens is 26. The van der Waals surface area contributed by atoms with Gasteiger partial charge in [0.2, 0.25) is 0 Å². The fourth-order valence-corrected chi connectivity index (χ4v) is 7.15. The Hall–Kier alpha value is -1.83. The minimum Gasteiger partial charge on any atom is -0.379 e. The maximum absolute atomic E-state index is 13.9. The topological polar surface area (TPSA) is 100 Å². The highest BCUT2D eigenvalue weighted by molar-refractivity contribution is 7.47. The molecule has 2 atom stereocenters. The van der Waals surface area contributed by atoms with Crippen LogP contribution in [0.15, 0.2) is 0 Å². The second-order valence-electron chi connectivity index (χ2n) is 16.8. The molecule has 0 aliphatic carbocycles. The van der Waals surface area contributed by atoms with Crippen molar-refractivity contribution in [3.8, 4) is 0 Å². The Morgan fingerprint density at radius 1 is 0.356 bits per heavy atom. The number of ether oxygens (including phenoxy) is 2. The molecule has 0 bridgehead atoms. The van der Waals surface area contributed by atoms with Gasteiger partial charge < -0.3 is 20.1 Å². The smallest absolute Gasteiger partial charge is 0.379 e. The molecule has 0 aliphatic rings. The van der Waals surface area contributed by atoms with Crippen LogP contribution >= 0.6 is 7.82 Å². The molecule has 3 N–H and O–H groups in total. The number of alkyl halides is 26. The van der Waals surface area contributed by atoms with Gasteiger partial charge >= 0.3 is 79.4 Å². The fourth-order valence-electron chi connectivity index (χ4n) is 6.38. The summed E-state index contributed by atoms with van der Waals surface area (Å²) < 4.78 is 377. The minimum absolute atomic E-state index is 0.0244. The number of unbranched alkanes of at least 4 members (excludes halogenated alkanes) is 16. The molecule has 7 nitrogen and oxygen atoms in total. The Morgan fingerprint density at radius 3 is 0.959 bits per heavy atom. The molecule has 0 aliphatic heterocycles. The Bertz CT molecular complexity index is 1620. The summed E-state index contributed by atoms with van der Waals surface area (Å²) in [6.45, 7) is -0.913. The summed E-state index contributed by atoms with van der Waals surface area (Å²) in [5.74, 6) is -73.9. The van der Waals surface area contributed by atoms with Gasteiger partial charge in [0.15, 0.2) is 0 Å². The van der Waals surface area contributed by atoms with Gasteiger partial charge in [-0.3, -0.25) is 9.05 Å². The van der Waals surface area contributed by atoms with Gasteiger partial charge in [0.25, 0.3) is 0 Å². The van der Waals surface area contributed by atoms with Crippen molar-refractivity contribution in [1.29, 1.82) is 0 Å². The van der Waals surface area contributed by atoms with Crippen molar-refractivity contribution in [2.24, 2.45) is 5.73 Å². The zero-order valence-electron chi connectivity index (χ0n) is 38.3. The van der Waals surface area contributed by atoms with Crippen LogP contribution in [0.4, 0.5) is 114 Å². The Labute approximate surface area is 401 Å². The third-order valence-corrected chi connectivity index (χ3v) is 11.8. The van der Waals surface area contributed by atoms with E-state index in [9.17, 15) is 124 Å². The average Bonchev–Trinajstić information content (AvgIpc) is 3.24. The third-order valence-electron chi connectivity index (χ3n) is 10.9. The van der Waals surface area contributed by atoms with Crippen LogP contribution in [-0.2, 0) is 23.1 Å². The van der Waals surface area contributed by atoms with E-state index in [0.717, 1.165) is 0 Å². The predicted octanol–water partition coefficient (Wildman–Crippen LogP) is 15.8. The molecule has 0 saturated heterocycles. The van der Waals surface area contributed by atoms with E-state index in [2.05, 4.69) is 4.52 Å². The Kier molecular flexibility index (Phi) is 27.5. The lowest BCUT2D eigenvalue weighted by Crippen LogP contribution is -2.70. The quantitative estimate of drug-likeness (QED) is 0.0357. The molecule has 0 fully saturated rings. The summed E-state index contributed by atoms with van der Waals surface area (Å²) in [5, 5.41) is 0. The van der Waals surface area contributed by atoms with Gasteiger partial charge in [-0.2, -0.15) is 114 Å². The number of phosphoric ester groups is 1. The normalized spacial score (nSPS) is 16.1. The summed E-state index contributed by atoms with van der Waals surface area (Å²) in [7, 11) is -4.55. The van der Waals surface area contributed by atoms with E-state index in [1.165, 1.54) is 0 Å². The van der Waals surface area contributed by atoms with Crippen molar-refractivity contribution in [2.75, 3.05) is 39.6 Å². The average molecular weight is 1160 g/mol. The molecule has 0 spiro atoms. The van der Waals surface area contributed by atoms with Crippen molar-refractivity contribution in [3.63, 3.8) is 0 Å². The third kappa shape index (κ3) is 18.7. The number of hydrogen-bond donors (Lipinski definition) is 2. The molecule has 0 aromatic rings. The number of hydrogen-bond acceptors (Lipinski definition) is 6. The fraction of sp³-hybridized carbons (Fsp3) is 1.00. The standard InChI is InChI=1S/C39H56F26NO6P/c40-28(41,30(44,45)32(48,49)34(52,53)36(56,57)38(60,61)62)19-15-11-7-3-1-5-9-13-17-22-69-25-27(26-72-73(67,68)71-24-21-66)70-23-18-14-10-6-2-4-8-12-16-20-29(42,43)31(46,47)33(50,51)35(54,55)37(58,59)39(63,64)65/h27H,1-26,66H2,(H,67,68)/t27-/m0/s1. The maximum atomic E-state index is 13.9. The molecule has 0 aromatic heterocycles. The Morgan fingerprint density at radius 2 is 0.644 bits per heavy atom. The van der Waals surface area contributed by atoms with Crippen molar-refractivity contribution >= 4 is 7.82 Å². The molecule has 34 heteroatoms. The van der Waals surface area contributed by atoms with Crippen molar-refractivity contribution in [2.45, 2.75) is 206 Å². The van der Waals surface area contributed by atoms with E-state index in [4.69, 9.17) is 19.7 Å². The number of rotatable bonds is 41. The van der Waals surface area contributed by atoms with Crippen LogP contribution in [0.25, 0.3) is 0 Å². The van der Waals surface area contributed by atoms with E-state index in [1.54, 1.807) is 0 Å². The highest BCUT2D eigenvalue weighted by Gasteiger charge is 2.92. The van der Waals surface area contributed by atoms with Gasteiger partial charge in [-0.15, -0.1) is 0 Å². The molecule has 0 rings (SSSR count). The molecule has 0 heterocycles. The first kappa shape index (κ1) is 71.2. The summed E-state index contributed by atoms with van der Waals surface area (Å²) in [6.07, 6.45) is -17.6. The van der Waals surface area contributed by atoms with Gasteiger partial charge in [-0.25, -0.2) is 4.57 Å². The minimum atomic E-state index is -7.95. The van der Waals surface area contributed by atoms with Crippen LogP contribution in [0, 0.1) is 0 Å². The van der Waals surface area contributed by atoms with Crippen molar-refractivity contribution in [1.82, 2.24) is 0 Å². The molecule has 0 radical (unpaired) electrons. The van der Waals surface area contributed by atoms with Crippen LogP contribution in [0.3, 0.4) is 0 Å². The van der Waals surface area contributed by atoms with E-state index >= 15 is 0 Å².